The Bertz CT molecular complexity index is 522. The highest BCUT2D eigenvalue weighted by Gasteiger charge is 2.10. The Morgan fingerprint density at radius 2 is 2.22 bits per heavy atom. The molecule has 0 spiro atoms. The van der Waals surface area contributed by atoms with E-state index in [4.69, 9.17) is 10.3 Å². The summed E-state index contributed by atoms with van der Waals surface area (Å²) in [5.41, 5.74) is 6.23. The van der Waals surface area contributed by atoms with Crippen LogP contribution in [0.1, 0.15) is 19.2 Å². The molecule has 6 heteroatoms. The Hall–Kier alpha value is -1.27. The molecule has 96 valence electrons. The van der Waals surface area contributed by atoms with Gasteiger partial charge in [-0.25, -0.2) is 4.39 Å². The second kappa shape index (κ2) is 5.58. The summed E-state index contributed by atoms with van der Waals surface area (Å²) in [4.78, 5) is 4.21. The topological polar surface area (TPSA) is 64.9 Å². The van der Waals surface area contributed by atoms with Crippen molar-refractivity contribution in [2.45, 2.75) is 25.8 Å². The van der Waals surface area contributed by atoms with Crippen LogP contribution in [0.5, 0.6) is 0 Å². The van der Waals surface area contributed by atoms with Crippen LogP contribution in [0, 0.1) is 5.82 Å². The minimum Gasteiger partial charge on any atom is -0.339 e. The number of aryl methyl sites for hydroxylation is 1. The molecule has 0 aliphatic heterocycles. The Kier molecular flexibility index (Phi) is 4.08. The molecule has 1 atom stereocenters. The number of hydrogen-bond acceptors (Lipinski definition) is 4. The smallest absolute Gasteiger partial charge is 0.227 e. The predicted molar refractivity (Wildman–Crippen MR) is 69.4 cm³/mol. The van der Waals surface area contributed by atoms with Crippen LogP contribution in [0.3, 0.4) is 0 Å². The Balaban J connectivity index is 2.18. The fourth-order valence-corrected chi connectivity index (χ4v) is 1.97. The summed E-state index contributed by atoms with van der Waals surface area (Å²) >= 11 is 3.22. The van der Waals surface area contributed by atoms with E-state index in [1.165, 1.54) is 12.1 Å². The van der Waals surface area contributed by atoms with Crippen LogP contribution in [0.25, 0.3) is 11.4 Å². The van der Waals surface area contributed by atoms with Crippen LogP contribution < -0.4 is 5.73 Å². The molecule has 1 heterocycles. The van der Waals surface area contributed by atoms with Gasteiger partial charge in [0.15, 0.2) is 0 Å². The van der Waals surface area contributed by atoms with Crippen LogP contribution in [0.2, 0.25) is 0 Å². The number of rotatable bonds is 4. The van der Waals surface area contributed by atoms with Crippen molar-refractivity contribution in [3.05, 3.63) is 34.4 Å². The first kappa shape index (κ1) is 13.2. The van der Waals surface area contributed by atoms with Gasteiger partial charge in [0.2, 0.25) is 11.7 Å². The summed E-state index contributed by atoms with van der Waals surface area (Å²) in [6, 6.07) is 4.57. The molecule has 0 bridgehead atoms. The number of hydrogen-bond donors (Lipinski definition) is 1. The van der Waals surface area contributed by atoms with Gasteiger partial charge in [-0.15, -0.1) is 0 Å². The largest absolute Gasteiger partial charge is 0.339 e. The molecule has 2 N–H and O–H groups in total. The van der Waals surface area contributed by atoms with Gasteiger partial charge >= 0.3 is 0 Å². The van der Waals surface area contributed by atoms with Gasteiger partial charge in [-0.3, -0.25) is 0 Å². The molecule has 0 fully saturated rings. The number of nitrogens with two attached hydrogens (primary N) is 1. The van der Waals surface area contributed by atoms with Gasteiger partial charge in [-0.1, -0.05) is 21.1 Å². The van der Waals surface area contributed by atoms with E-state index >= 15 is 0 Å². The Morgan fingerprint density at radius 3 is 2.89 bits per heavy atom. The third-order valence-corrected chi connectivity index (χ3v) is 2.86. The number of benzene rings is 1. The second-order valence-electron chi connectivity index (χ2n) is 4.19. The molecular formula is C12H13BrFN3O. The quantitative estimate of drug-likeness (QED) is 0.942. The zero-order valence-electron chi connectivity index (χ0n) is 9.86. The summed E-state index contributed by atoms with van der Waals surface area (Å²) in [6.07, 6.45) is 1.40. The average molecular weight is 314 g/mol. The molecule has 0 saturated heterocycles. The first-order chi connectivity index (χ1) is 8.54. The van der Waals surface area contributed by atoms with Crippen molar-refractivity contribution in [1.82, 2.24) is 10.1 Å². The van der Waals surface area contributed by atoms with Crippen LogP contribution in [0.15, 0.2) is 27.2 Å². The van der Waals surface area contributed by atoms with E-state index in [1.807, 2.05) is 6.92 Å². The summed E-state index contributed by atoms with van der Waals surface area (Å²) in [7, 11) is 0. The van der Waals surface area contributed by atoms with Crippen LogP contribution >= 0.6 is 15.9 Å². The van der Waals surface area contributed by atoms with Crippen molar-refractivity contribution in [2.75, 3.05) is 0 Å². The predicted octanol–water partition coefficient (Wildman–Crippen LogP) is 2.92. The molecule has 1 unspecified atom stereocenters. The maximum atomic E-state index is 13.2. The van der Waals surface area contributed by atoms with Gasteiger partial charge in [0.25, 0.3) is 0 Å². The van der Waals surface area contributed by atoms with Crippen LogP contribution in [-0.4, -0.2) is 16.2 Å². The van der Waals surface area contributed by atoms with E-state index in [9.17, 15) is 4.39 Å². The number of aromatic nitrogens is 2. The highest BCUT2D eigenvalue weighted by Crippen LogP contribution is 2.22. The van der Waals surface area contributed by atoms with Gasteiger partial charge < -0.3 is 10.3 Å². The molecule has 0 aliphatic carbocycles. The van der Waals surface area contributed by atoms with E-state index < -0.39 is 0 Å². The van der Waals surface area contributed by atoms with Crippen molar-refractivity contribution in [3.8, 4) is 11.4 Å². The lowest BCUT2D eigenvalue weighted by Gasteiger charge is -1.99. The highest BCUT2D eigenvalue weighted by atomic mass is 79.9. The molecule has 0 aliphatic rings. The van der Waals surface area contributed by atoms with E-state index in [0.717, 1.165) is 6.42 Å². The first-order valence-electron chi connectivity index (χ1n) is 5.59. The van der Waals surface area contributed by atoms with Crippen molar-refractivity contribution < 1.29 is 8.91 Å². The molecule has 4 nitrogen and oxygen atoms in total. The monoisotopic (exact) mass is 313 g/mol. The molecule has 1 aromatic heterocycles. The van der Waals surface area contributed by atoms with Crippen LogP contribution in [0.4, 0.5) is 4.39 Å². The number of halogens is 2. The molecule has 18 heavy (non-hydrogen) atoms. The van der Waals surface area contributed by atoms with E-state index in [-0.39, 0.29) is 11.9 Å². The molecular weight excluding hydrogens is 301 g/mol. The first-order valence-corrected chi connectivity index (χ1v) is 6.38. The molecule has 0 saturated carbocycles. The molecule has 2 rings (SSSR count). The molecule has 2 aromatic rings. The van der Waals surface area contributed by atoms with E-state index in [0.29, 0.717) is 28.2 Å². The second-order valence-corrected chi connectivity index (χ2v) is 5.10. The fraction of sp³-hybridized carbons (Fsp3) is 0.333. The standard InChI is InChI=1S/C12H13BrFN3O/c1-7(15)2-3-11-16-12(17-18-11)8-4-9(13)6-10(14)5-8/h4-7H,2-3,15H2,1H3. The average Bonchev–Trinajstić information content (AvgIpc) is 2.73. The summed E-state index contributed by atoms with van der Waals surface area (Å²) in [6.45, 7) is 1.92. The fourth-order valence-electron chi connectivity index (χ4n) is 1.51. The lowest BCUT2D eigenvalue weighted by atomic mass is 10.2. The van der Waals surface area contributed by atoms with Gasteiger partial charge in [0, 0.05) is 22.5 Å². The lowest BCUT2D eigenvalue weighted by molar-refractivity contribution is 0.372. The maximum absolute atomic E-state index is 13.2. The third kappa shape index (κ3) is 3.36. The lowest BCUT2D eigenvalue weighted by Crippen LogP contribution is -2.15. The Labute approximate surface area is 113 Å². The van der Waals surface area contributed by atoms with Crippen molar-refractivity contribution in [3.63, 3.8) is 0 Å². The van der Waals surface area contributed by atoms with E-state index in [1.54, 1.807) is 6.07 Å². The normalized spacial score (nSPS) is 12.7. The van der Waals surface area contributed by atoms with Gasteiger partial charge in [-0.05, 0) is 31.5 Å². The minimum absolute atomic E-state index is 0.0867. The zero-order valence-corrected chi connectivity index (χ0v) is 11.4. The minimum atomic E-state index is -0.346. The number of nitrogens with zero attached hydrogens (tertiary/aromatic N) is 2. The maximum Gasteiger partial charge on any atom is 0.227 e. The summed E-state index contributed by atoms with van der Waals surface area (Å²) in [5.74, 6) is 0.555. The summed E-state index contributed by atoms with van der Waals surface area (Å²) < 4.78 is 19.0. The van der Waals surface area contributed by atoms with Gasteiger partial charge in [-0.2, -0.15) is 4.98 Å². The van der Waals surface area contributed by atoms with E-state index in [2.05, 4.69) is 26.1 Å². The SMILES string of the molecule is CC(N)CCc1nc(-c2cc(F)cc(Br)c2)no1. The zero-order chi connectivity index (χ0) is 13.1. The molecule has 0 amide bonds. The van der Waals surface area contributed by atoms with Gasteiger partial charge in [0.05, 0.1) is 0 Å². The Morgan fingerprint density at radius 1 is 1.44 bits per heavy atom. The molecule has 0 radical (unpaired) electrons. The molecule has 1 aromatic carbocycles. The third-order valence-electron chi connectivity index (χ3n) is 2.40. The van der Waals surface area contributed by atoms with Crippen molar-refractivity contribution >= 4 is 15.9 Å². The van der Waals surface area contributed by atoms with Crippen LogP contribution in [-0.2, 0) is 6.42 Å². The van der Waals surface area contributed by atoms with Crippen molar-refractivity contribution in [1.29, 1.82) is 0 Å². The van der Waals surface area contributed by atoms with Crippen molar-refractivity contribution in [2.24, 2.45) is 5.73 Å². The van der Waals surface area contributed by atoms with Gasteiger partial charge in [0.1, 0.15) is 5.82 Å². The highest BCUT2D eigenvalue weighted by molar-refractivity contribution is 9.10. The summed E-state index contributed by atoms with van der Waals surface area (Å²) in [5, 5.41) is 3.83.